The SMILES string of the molecule is CCC(CN)CC(=O)NC(C)CCCO. The molecule has 90 valence electrons. The number of nitrogens with one attached hydrogen (secondary N) is 1. The van der Waals surface area contributed by atoms with Gasteiger partial charge in [0, 0.05) is 19.1 Å². The fourth-order valence-electron chi connectivity index (χ4n) is 1.46. The minimum Gasteiger partial charge on any atom is -0.396 e. The number of rotatable bonds is 8. The number of aliphatic hydroxyl groups excluding tert-OH is 1. The second-order valence-electron chi connectivity index (χ2n) is 4.05. The van der Waals surface area contributed by atoms with Crippen LogP contribution < -0.4 is 11.1 Å². The highest BCUT2D eigenvalue weighted by Crippen LogP contribution is 2.06. The van der Waals surface area contributed by atoms with Crippen LogP contribution in [-0.4, -0.2) is 30.2 Å². The van der Waals surface area contributed by atoms with Gasteiger partial charge in [-0.05, 0) is 32.2 Å². The minimum atomic E-state index is 0.0674. The summed E-state index contributed by atoms with van der Waals surface area (Å²) in [5.74, 6) is 0.354. The Balaban J connectivity index is 3.71. The largest absolute Gasteiger partial charge is 0.396 e. The van der Waals surface area contributed by atoms with Gasteiger partial charge in [-0.25, -0.2) is 0 Å². The first-order chi connectivity index (χ1) is 7.13. The molecule has 4 heteroatoms. The minimum absolute atomic E-state index is 0.0674. The first-order valence-electron chi connectivity index (χ1n) is 5.74. The second kappa shape index (κ2) is 8.68. The van der Waals surface area contributed by atoms with Crippen molar-refractivity contribution in [3.63, 3.8) is 0 Å². The summed E-state index contributed by atoms with van der Waals surface area (Å²) >= 11 is 0. The van der Waals surface area contributed by atoms with Gasteiger partial charge >= 0.3 is 0 Å². The molecule has 0 aromatic rings. The summed E-state index contributed by atoms with van der Waals surface area (Å²) in [6, 6.07) is 0.139. The Kier molecular flexibility index (Phi) is 8.33. The maximum atomic E-state index is 11.5. The third kappa shape index (κ3) is 7.33. The van der Waals surface area contributed by atoms with E-state index in [2.05, 4.69) is 5.32 Å². The molecule has 4 nitrogen and oxygen atoms in total. The lowest BCUT2D eigenvalue weighted by Gasteiger charge is -2.16. The molecular weight excluding hydrogens is 192 g/mol. The molecule has 15 heavy (non-hydrogen) atoms. The molecule has 0 fully saturated rings. The van der Waals surface area contributed by atoms with Crippen LogP contribution in [0.4, 0.5) is 0 Å². The molecule has 0 heterocycles. The fraction of sp³-hybridized carbons (Fsp3) is 0.909. The van der Waals surface area contributed by atoms with Crippen molar-refractivity contribution in [2.24, 2.45) is 11.7 Å². The summed E-state index contributed by atoms with van der Waals surface area (Å²) in [5, 5.41) is 11.5. The maximum absolute atomic E-state index is 11.5. The van der Waals surface area contributed by atoms with Gasteiger partial charge in [0.25, 0.3) is 0 Å². The van der Waals surface area contributed by atoms with Crippen molar-refractivity contribution in [2.45, 2.75) is 45.6 Å². The lowest BCUT2D eigenvalue weighted by molar-refractivity contribution is -0.122. The monoisotopic (exact) mass is 216 g/mol. The van der Waals surface area contributed by atoms with Crippen LogP contribution >= 0.6 is 0 Å². The predicted molar refractivity (Wildman–Crippen MR) is 61.4 cm³/mol. The summed E-state index contributed by atoms with van der Waals surface area (Å²) in [6.45, 7) is 4.74. The molecule has 0 spiro atoms. The normalized spacial score (nSPS) is 14.7. The van der Waals surface area contributed by atoms with E-state index in [1.54, 1.807) is 0 Å². The summed E-state index contributed by atoms with van der Waals surface area (Å²) < 4.78 is 0. The van der Waals surface area contributed by atoms with Gasteiger partial charge < -0.3 is 16.2 Å². The van der Waals surface area contributed by atoms with Crippen molar-refractivity contribution >= 4 is 5.91 Å². The first kappa shape index (κ1) is 14.4. The number of carbonyl (C=O) groups is 1. The molecule has 0 bridgehead atoms. The smallest absolute Gasteiger partial charge is 0.220 e. The van der Waals surface area contributed by atoms with Gasteiger partial charge in [-0.3, -0.25) is 4.79 Å². The van der Waals surface area contributed by atoms with E-state index in [4.69, 9.17) is 10.8 Å². The van der Waals surface area contributed by atoms with Crippen LogP contribution in [0, 0.1) is 5.92 Å². The highest BCUT2D eigenvalue weighted by molar-refractivity contribution is 5.76. The number of hydrogen-bond donors (Lipinski definition) is 3. The Morgan fingerprint density at radius 2 is 2.20 bits per heavy atom. The molecule has 0 saturated carbocycles. The average Bonchev–Trinajstić information content (AvgIpc) is 2.22. The van der Waals surface area contributed by atoms with E-state index in [1.807, 2.05) is 13.8 Å². The fourth-order valence-corrected chi connectivity index (χ4v) is 1.46. The van der Waals surface area contributed by atoms with Gasteiger partial charge in [-0.1, -0.05) is 13.3 Å². The van der Waals surface area contributed by atoms with Crippen molar-refractivity contribution in [1.29, 1.82) is 0 Å². The maximum Gasteiger partial charge on any atom is 0.220 e. The predicted octanol–water partition coefficient (Wildman–Crippen LogP) is 0.639. The standard InChI is InChI=1S/C11H24N2O2/c1-3-10(8-12)7-11(15)13-9(2)5-4-6-14/h9-10,14H,3-8,12H2,1-2H3,(H,13,15). The molecule has 0 aliphatic heterocycles. The lowest BCUT2D eigenvalue weighted by atomic mass is 10.0. The number of amides is 1. The Labute approximate surface area is 92.2 Å². The molecule has 0 aliphatic rings. The van der Waals surface area contributed by atoms with Crippen molar-refractivity contribution < 1.29 is 9.90 Å². The number of nitrogens with two attached hydrogens (primary N) is 1. The molecular formula is C11H24N2O2. The highest BCUT2D eigenvalue weighted by Gasteiger charge is 2.12. The molecule has 0 aliphatic carbocycles. The van der Waals surface area contributed by atoms with Crippen LogP contribution in [-0.2, 0) is 4.79 Å². The molecule has 0 saturated heterocycles. The van der Waals surface area contributed by atoms with E-state index in [9.17, 15) is 4.79 Å². The molecule has 4 N–H and O–H groups in total. The van der Waals surface area contributed by atoms with E-state index in [0.717, 1.165) is 19.3 Å². The quantitative estimate of drug-likeness (QED) is 0.557. The molecule has 0 radical (unpaired) electrons. The van der Waals surface area contributed by atoms with Gasteiger partial charge in [0.1, 0.15) is 0 Å². The van der Waals surface area contributed by atoms with E-state index >= 15 is 0 Å². The van der Waals surface area contributed by atoms with Crippen LogP contribution in [0.1, 0.15) is 39.5 Å². The van der Waals surface area contributed by atoms with Crippen LogP contribution in [0.2, 0.25) is 0 Å². The summed E-state index contributed by atoms with van der Waals surface area (Å²) in [5.41, 5.74) is 5.53. The Morgan fingerprint density at radius 3 is 2.67 bits per heavy atom. The summed E-state index contributed by atoms with van der Waals surface area (Å²) in [7, 11) is 0. The Hall–Kier alpha value is -0.610. The van der Waals surface area contributed by atoms with Gasteiger partial charge in [0.15, 0.2) is 0 Å². The third-order valence-electron chi connectivity index (χ3n) is 2.59. The summed E-state index contributed by atoms with van der Waals surface area (Å²) in [4.78, 5) is 11.5. The number of aliphatic hydroxyl groups is 1. The molecule has 2 unspecified atom stereocenters. The van der Waals surface area contributed by atoms with Crippen LogP contribution in [0.3, 0.4) is 0 Å². The first-order valence-corrected chi connectivity index (χ1v) is 5.74. The van der Waals surface area contributed by atoms with Gasteiger partial charge in [0.05, 0.1) is 0 Å². The zero-order valence-electron chi connectivity index (χ0n) is 9.83. The van der Waals surface area contributed by atoms with Crippen molar-refractivity contribution in [2.75, 3.05) is 13.2 Å². The highest BCUT2D eigenvalue weighted by atomic mass is 16.2. The molecule has 2 atom stereocenters. The van der Waals surface area contributed by atoms with Crippen LogP contribution in [0.25, 0.3) is 0 Å². The Bertz CT molecular complexity index is 170. The van der Waals surface area contributed by atoms with Crippen molar-refractivity contribution in [1.82, 2.24) is 5.32 Å². The molecule has 0 rings (SSSR count). The molecule has 1 amide bonds. The topological polar surface area (TPSA) is 75.4 Å². The van der Waals surface area contributed by atoms with Crippen LogP contribution in [0.15, 0.2) is 0 Å². The van der Waals surface area contributed by atoms with Gasteiger partial charge in [-0.15, -0.1) is 0 Å². The average molecular weight is 216 g/mol. The number of carbonyl (C=O) groups excluding carboxylic acids is 1. The van der Waals surface area contributed by atoms with E-state index in [1.165, 1.54) is 0 Å². The van der Waals surface area contributed by atoms with Crippen molar-refractivity contribution in [3.8, 4) is 0 Å². The zero-order valence-corrected chi connectivity index (χ0v) is 9.83. The zero-order chi connectivity index (χ0) is 11.7. The van der Waals surface area contributed by atoms with E-state index < -0.39 is 0 Å². The third-order valence-corrected chi connectivity index (χ3v) is 2.59. The lowest BCUT2D eigenvalue weighted by Crippen LogP contribution is -2.34. The van der Waals surface area contributed by atoms with Crippen molar-refractivity contribution in [3.05, 3.63) is 0 Å². The molecule has 0 aromatic carbocycles. The van der Waals surface area contributed by atoms with Gasteiger partial charge in [0.2, 0.25) is 5.91 Å². The second-order valence-corrected chi connectivity index (χ2v) is 4.05. The van der Waals surface area contributed by atoms with Crippen LogP contribution in [0.5, 0.6) is 0 Å². The Morgan fingerprint density at radius 1 is 1.53 bits per heavy atom. The van der Waals surface area contributed by atoms with E-state index in [-0.39, 0.29) is 24.5 Å². The van der Waals surface area contributed by atoms with Gasteiger partial charge in [-0.2, -0.15) is 0 Å². The van der Waals surface area contributed by atoms with E-state index in [0.29, 0.717) is 13.0 Å². The number of hydrogen-bond acceptors (Lipinski definition) is 3. The summed E-state index contributed by atoms with van der Waals surface area (Å²) in [6.07, 6.45) is 3.00. The molecule has 0 aromatic heterocycles.